The number of H-pyrrole nitrogens is 1. The Labute approximate surface area is 111 Å². The first-order valence-electron chi connectivity index (χ1n) is 5.58. The number of rotatable bonds is 3. The Balaban J connectivity index is 2.30. The van der Waals surface area contributed by atoms with Gasteiger partial charge in [0.05, 0.1) is 6.10 Å². The Morgan fingerprint density at radius 2 is 2.10 bits per heavy atom. The summed E-state index contributed by atoms with van der Waals surface area (Å²) in [6.45, 7) is 1.43. The van der Waals surface area contributed by atoms with E-state index in [0.29, 0.717) is 0 Å². The molecule has 1 saturated heterocycles. The van der Waals surface area contributed by atoms with Crippen LogP contribution >= 0.6 is 7.82 Å². The molecule has 0 aromatic carbocycles. The van der Waals surface area contributed by atoms with E-state index in [1.807, 2.05) is 4.98 Å². The summed E-state index contributed by atoms with van der Waals surface area (Å²) in [5.41, 5.74) is -1.43. The fourth-order valence-corrected chi connectivity index (χ4v) is 2.60. The van der Waals surface area contributed by atoms with E-state index in [2.05, 4.69) is 4.52 Å². The van der Waals surface area contributed by atoms with E-state index in [4.69, 9.17) is 14.5 Å². The highest BCUT2D eigenvalue weighted by atomic mass is 31.2. The smallest absolute Gasteiger partial charge is 0.386 e. The third-order valence-corrected chi connectivity index (χ3v) is 3.35. The molecule has 0 radical (unpaired) electrons. The van der Waals surface area contributed by atoms with E-state index in [0.717, 1.165) is 16.8 Å². The van der Waals surface area contributed by atoms with Gasteiger partial charge in [-0.15, -0.1) is 0 Å². The quantitative estimate of drug-likeness (QED) is 0.482. The maximum Gasteiger partial charge on any atom is 0.470 e. The molecule has 11 heteroatoms. The Hall–Kier alpha value is -1.29. The first-order valence-corrected chi connectivity index (χ1v) is 7.11. The Bertz CT molecular complexity index is 648. The van der Waals surface area contributed by atoms with Crippen LogP contribution in [-0.2, 0) is 13.8 Å². The van der Waals surface area contributed by atoms with E-state index in [9.17, 15) is 19.3 Å². The lowest BCUT2D eigenvalue weighted by Gasteiger charge is -2.19. The molecular weight excluding hydrogens is 295 g/mol. The number of phosphoric acid groups is 1. The lowest BCUT2D eigenvalue weighted by Crippen LogP contribution is -2.38. The monoisotopic (exact) mass is 308 g/mol. The molecule has 0 amide bonds. The van der Waals surface area contributed by atoms with Gasteiger partial charge in [0.1, 0.15) is 12.2 Å². The first kappa shape index (κ1) is 15.1. The Morgan fingerprint density at radius 1 is 1.45 bits per heavy atom. The van der Waals surface area contributed by atoms with Crippen molar-refractivity contribution in [2.75, 3.05) is 0 Å². The summed E-state index contributed by atoms with van der Waals surface area (Å²) in [5.74, 6) is 0. The van der Waals surface area contributed by atoms with Gasteiger partial charge in [0.15, 0.2) is 6.23 Å². The van der Waals surface area contributed by atoms with E-state index in [-0.39, 0.29) is 0 Å². The fourth-order valence-electron chi connectivity index (χ4n) is 1.98. The standard InChI is InChI=1S/C9H13N2O8P/c1-4-7(19-20(15,16)17)6(13)8(18-4)11-3-2-5(12)10-9(11)14/h2-4,6-8,13H,1H3,(H,10,12,14)(H2,15,16,17)/t4-,6?,7?,8-/m0/s1. The molecular formula is C9H13N2O8P. The van der Waals surface area contributed by atoms with Crippen molar-refractivity contribution in [3.05, 3.63) is 33.1 Å². The Kier molecular flexibility index (Phi) is 3.96. The minimum Gasteiger partial charge on any atom is -0.386 e. The summed E-state index contributed by atoms with van der Waals surface area (Å²) in [4.78, 5) is 42.1. The zero-order valence-electron chi connectivity index (χ0n) is 10.2. The lowest BCUT2D eigenvalue weighted by molar-refractivity contribution is -0.0351. The van der Waals surface area contributed by atoms with Crippen LogP contribution in [0.2, 0.25) is 0 Å². The van der Waals surface area contributed by atoms with Gasteiger partial charge in [0.2, 0.25) is 0 Å². The number of phosphoric ester groups is 1. The number of aliphatic hydroxyl groups is 1. The minimum atomic E-state index is -4.81. The summed E-state index contributed by atoms with van der Waals surface area (Å²) < 4.78 is 21.4. The number of ether oxygens (including phenoxy) is 1. The van der Waals surface area contributed by atoms with Crippen LogP contribution in [0.1, 0.15) is 13.2 Å². The third-order valence-electron chi connectivity index (χ3n) is 2.83. The molecule has 1 aromatic heterocycles. The largest absolute Gasteiger partial charge is 0.470 e. The zero-order chi connectivity index (χ0) is 15.1. The average molecular weight is 308 g/mol. The van der Waals surface area contributed by atoms with Crippen molar-refractivity contribution in [2.45, 2.75) is 31.5 Å². The van der Waals surface area contributed by atoms with Gasteiger partial charge in [-0.25, -0.2) is 9.36 Å². The van der Waals surface area contributed by atoms with Gasteiger partial charge in [-0.05, 0) is 6.92 Å². The van der Waals surface area contributed by atoms with Crippen molar-refractivity contribution in [3.8, 4) is 0 Å². The molecule has 0 bridgehead atoms. The topological polar surface area (TPSA) is 151 Å². The fraction of sp³-hybridized carbons (Fsp3) is 0.556. The van der Waals surface area contributed by atoms with Crippen molar-refractivity contribution in [2.24, 2.45) is 0 Å². The number of aromatic amines is 1. The number of nitrogens with one attached hydrogen (secondary N) is 1. The molecule has 1 aliphatic rings. The minimum absolute atomic E-state index is 0.616. The lowest BCUT2D eigenvalue weighted by atomic mass is 10.1. The van der Waals surface area contributed by atoms with Crippen molar-refractivity contribution < 1.29 is 28.7 Å². The van der Waals surface area contributed by atoms with Gasteiger partial charge in [-0.2, -0.15) is 0 Å². The summed E-state index contributed by atoms with van der Waals surface area (Å²) >= 11 is 0. The maximum atomic E-state index is 11.6. The number of hydrogen-bond acceptors (Lipinski definition) is 6. The van der Waals surface area contributed by atoms with Crippen LogP contribution in [0.25, 0.3) is 0 Å². The van der Waals surface area contributed by atoms with E-state index in [1.54, 1.807) is 0 Å². The molecule has 2 unspecified atom stereocenters. The van der Waals surface area contributed by atoms with Crippen LogP contribution in [0.4, 0.5) is 0 Å². The average Bonchev–Trinajstić information content (AvgIpc) is 2.55. The SMILES string of the molecule is C[C@@H]1O[C@H](n2ccc(=O)[nH]c2=O)C(O)C1OP(=O)(O)O. The second-order valence-corrected chi connectivity index (χ2v) is 5.49. The highest BCUT2D eigenvalue weighted by Gasteiger charge is 2.46. The zero-order valence-corrected chi connectivity index (χ0v) is 11.1. The van der Waals surface area contributed by atoms with Crippen molar-refractivity contribution in [1.82, 2.24) is 9.55 Å². The highest BCUT2D eigenvalue weighted by molar-refractivity contribution is 7.46. The van der Waals surface area contributed by atoms with E-state index >= 15 is 0 Å². The summed E-state index contributed by atoms with van der Waals surface area (Å²) in [6, 6.07) is 1.05. The molecule has 0 saturated carbocycles. The van der Waals surface area contributed by atoms with Crippen LogP contribution in [0.15, 0.2) is 21.9 Å². The van der Waals surface area contributed by atoms with Gasteiger partial charge in [0, 0.05) is 12.3 Å². The third kappa shape index (κ3) is 3.06. The van der Waals surface area contributed by atoms with Crippen molar-refractivity contribution >= 4 is 7.82 Å². The molecule has 2 rings (SSSR count). The number of aliphatic hydroxyl groups excluding tert-OH is 1. The van der Waals surface area contributed by atoms with Crippen LogP contribution in [0.3, 0.4) is 0 Å². The van der Waals surface area contributed by atoms with Crippen LogP contribution < -0.4 is 11.2 Å². The van der Waals surface area contributed by atoms with Crippen LogP contribution in [0.5, 0.6) is 0 Å². The van der Waals surface area contributed by atoms with Gasteiger partial charge >= 0.3 is 13.5 Å². The van der Waals surface area contributed by atoms with Gasteiger partial charge < -0.3 is 19.6 Å². The summed E-state index contributed by atoms with van der Waals surface area (Å²) in [6.07, 6.45) is -3.75. The maximum absolute atomic E-state index is 11.6. The van der Waals surface area contributed by atoms with Crippen LogP contribution in [-0.4, -0.2) is 42.8 Å². The Morgan fingerprint density at radius 3 is 2.65 bits per heavy atom. The predicted octanol–water partition coefficient (Wildman–Crippen LogP) is -1.71. The van der Waals surface area contributed by atoms with E-state index in [1.165, 1.54) is 6.92 Å². The second kappa shape index (κ2) is 5.24. The van der Waals surface area contributed by atoms with E-state index < -0.39 is 43.6 Å². The highest BCUT2D eigenvalue weighted by Crippen LogP contribution is 2.43. The van der Waals surface area contributed by atoms with Gasteiger partial charge in [-0.3, -0.25) is 18.9 Å². The molecule has 1 aliphatic heterocycles. The molecule has 0 spiro atoms. The molecule has 4 atom stereocenters. The number of aromatic nitrogens is 2. The second-order valence-electron chi connectivity index (χ2n) is 4.30. The first-order chi connectivity index (χ1) is 9.19. The van der Waals surface area contributed by atoms with Gasteiger partial charge in [0.25, 0.3) is 5.56 Å². The normalized spacial score (nSPS) is 30.6. The van der Waals surface area contributed by atoms with Crippen LogP contribution in [0, 0.1) is 0 Å². The molecule has 4 N–H and O–H groups in total. The number of nitrogens with zero attached hydrogens (tertiary/aromatic N) is 1. The predicted molar refractivity (Wildman–Crippen MR) is 63.8 cm³/mol. The molecule has 2 heterocycles. The van der Waals surface area contributed by atoms with Gasteiger partial charge in [-0.1, -0.05) is 0 Å². The van der Waals surface area contributed by atoms with Crippen molar-refractivity contribution in [3.63, 3.8) is 0 Å². The summed E-state index contributed by atoms with van der Waals surface area (Å²) in [5, 5.41) is 9.98. The molecule has 1 aromatic rings. The summed E-state index contributed by atoms with van der Waals surface area (Å²) in [7, 11) is -4.81. The van der Waals surface area contributed by atoms with Crippen molar-refractivity contribution in [1.29, 1.82) is 0 Å². The molecule has 112 valence electrons. The molecule has 1 fully saturated rings. The molecule has 0 aliphatic carbocycles. The molecule has 10 nitrogen and oxygen atoms in total. The number of hydrogen-bond donors (Lipinski definition) is 4. The molecule has 20 heavy (non-hydrogen) atoms.